The second kappa shape index (κ2) is 7.62. The standard InChI is InChI=1S/C19H22F2N4O5/c1-9(26)22-5-11-6-25(19(28)30-11)10-3-14(20)17(15(21)4-10)24-7-12-13(8-24)16(12)23-18(27)29-2/h3-4,11-13,16H,5-8H2,1-2H3,(H,22,26)(H,23,27). The molecule has 11 heteroatoms. The number of rotatable bonds is 5. The molecule has 30 heavy (non-hydrogen) atoms. The van der Waals surface area contributed by atoms with Gasteiger partial charge in [0, 0.05) is 50.0 Å². The average molecular weight is 424 g/mol. The van der Waals surface area contributed by atoms with Crippen LogP contribution in [0.15, 0.2) is 12.1 Å². The lowest BCUT2D eigenvalue weighted by molar-refractivity contribution is -0.119. The number of amides is 3. The summed E-state index contributed by atoms with van der Waals surface area (Å²) in [6.07, 6.45) is -1.84. The zero-order valence-electron chi connectivity index (χ0n) is 16.5. The van der Waals surface area contributed by atoms with Gasteiger partial charge >= 0.3 is 12.2 Å². The van der Waals surface area contributed by atoms with Gasteiger partial charge < -0.3 is 25.0 Å². The zero-order valence-corrected chi connectivity index (χ0v) is 16.5. The number of cyclic esters (lactones) is 1. The van der Waals surface area contributed by atoms with Crippen LogP contribution in [0.5, 0.6) is 0 Å². The van der Waals surface area contributed by atoms with E-state index in [4.69, 9.17) is 4.74 Å². The number of hydrogen-bond acceptors (Lipinski definition) is 6. The predicted molar refractivity (Wildman–Crippen MR) is 101 cm³/mol. The van der Waals surface area contributed by atoms with Gasteiger partial charge in [0.2, 0.25) is 5.91 Å². The molecule has 3 amide bonds. The molecule has 1 aromatic rings. The maximum atomic E-state index is 14.8. The minimum atomic E-state index is -0.776. The first-order chi connectivity index (χ1) is 14.3. The Morgan fingerprint density at radius 1 is 1.20 bits per heavy atom. The van der Waals surface area contributed by atoms with Gasteiger partial charge in [-0.15, -0.1) is 0 Å². The molecule has 2 heterocycles. The second-order valence-electron chi connectivity index (χ2n) is 7.71. The highest BCUT2D eigenvalue weighted by atomic mass is 19.1. The van der Waals surface area contributed by atoms with Crippen LogP contribution in [-0.4, -0.2) is 63.5 Å². The maximum Gasteiger partial charge on any atom is 0.414 e. The third kappa shape index (κ3) is 3.71. The van der Waals surface area contributed by atoms with Gasteiger partial charge in [0.1, 0.15) is 11.8 Å². The van der Waals surface area contributed by atoms with E-state index in [0.29, 0.717) is 13.1 Å². The quantitative estimate of drug-likeness (QED) is 0.737. The number of carbonyl (C=O) groups is 3. The Morgan fingerprint density at radius 3 is 2.40 bits per heavy atom. The van der Waals surface area contributed by atoms with Crippen molar-refractivity contribution in [1.82, 2.24) is 10.6 Å². The SMILES string of the molecule is COC(=O)NC1C2CN(c3c(F)cc(N4CC(CNC(C)=O)OC4=O)cc3F)CC21. The lowest BCUT2D eigenvalue weighted by atomic mass is 10.2. The van der Waals surface area contributed by atoms with E-state index in [1.807, 2.05) is 0 Å². The lowest BCUT2D eigenvalue weighted by Crippen LogP contribution is -2.35. The summed E-state index contributed by atoms with van der Waals surface area (Å²) in [4.78, 5) is 37.1. The largest absolute Gasteiger partial charge is 0.453 e. The highest BCUT2D eigenvalue weighted by Gasteiger charge is 2.57. The molecule has 2 N–H and O–H groups in total. The van der Waals surface area contributed by atoms with E-state index >= 15 is 0 Å². The zero-order chi connectivity index (χ0) is 21.6. The summed E-state index contributed by atoms with van der Waals surface area (Å²) in [5.41, 5.74) is -0.0937. The van der Waals surface area contributed by atoms with Gasteiger partial charge in [-0.25, -0.2) is 18.4 Å². The topological polar surface area (TPSA) is 100 Å². The van der Waals surface area contributed by atoms with Crippen LogP contribution in [0, 0.1) is 23.5 Å². The Bertz CT molecular complexity index is 863. The third-order valence-electron chi connectivity index (χ3n) is 5.75. The van der Waals surface area contributed by atoms with E-state index in [2.05, 4.69) is 15.4 Å². The number of fused-ring (bicyclic) bond motifs is 1. The first-order valence-electron chi connectivity index (χ1n) is 9.59. The van der Waals surface area contributed by atoms with Crippen molar-refractivity contribution < 1.29 is 32.6 Å². The van der Waals surface area contributed by atoms with Crippen molar-refractivity contribution in [3.05, 3.63) is 23.8 Å². The predicted octanol–water partition coefficient (Wildman–Crippen LogP) is 1.22. The van der Waals surface area contributed by atoms with Gasteiger partial charge in [0.05, 0.1) is 25.9 Å². The van der Waals surface area contributed by atoms with Crippen LogP contribution in [0.1, 0.15) is 6.92 Å². The number of anilines is 2. The minimum absolute atomic E-state index is 0.0426. The Hall–Kier alpha value is -3.11. The summed E-state index contributed by atoms with van der Waals surface area (Å²) in [7, 11) is 1.28. The molecule has 2 saturated heterocycles. The van der Waals surface area contributed by atoms with Crippen molar-refractivity contribution in [3.8, 4) is 0 Å². The number of methoxy groups -OCH3 is 1. The van der Waals surface area contributed by atoms with Gasteiger partial charge in [-0.05, 0) is 0 Å². The summed E-state index contributed by atoms with van der Waals surface area (Å²) in [5, 5.41) is 5.26. The molecule has 1 aromatic carbocycles. The van der Waals surface area contributed by atoms with E-state index < -0.39 is 29.9 Å². The summed E-state index contributed by atoms with van der Waals surface area (Å²) in [6.45, 7) is 2.37. The molecule has 4 rings (SSSR count). The van der Waals surface area contributed by atoms with Crippen molar-refractivity contribution in [2.24, 2.45) is 11.8 Å². The molecule has 0 spiro atoms. The second-order valence-corrected chi connectivity index (χ2v) is 7.71. The number of carbonyl (C=O) groups excluding carboxylic acids is 3. The van der Waals surface area contributed by atoms with Crippen LogP contribution in [0.4, 0.5) is 29.7 Å². The summed E-state index contributed by atoms with van der Waals surface area (Å²) < 4.78 is 39.3. The Labute approximate surface area is 171 Å². The van der Waals surface area contributed by atoms with Crippen molar-refractivity contribution in [2.75, 3.05) is 43.1 Å². The monoisotopic (exact) mass is 424 g/mol. The van der Waals surface area contributed by atoms with Crippen LogP contribution in [0.2, 0.25) is 0 Å². The smallest absolute Gasteiger partial charge is 0.414 e. The van der Waals surface area contributed by atoms with Crippen molar-refractivity contribution >= 4 is 29.5 Å². The van der Waals surface area contributed by atoms with Crippen LogP contribution < -0.4 is 20.4 Å². The number of piperidine rings is 1. The first kappa shape index (κ1) is 20.2. The normalized spacial score (nSPS) is 26.9. The number of nitrogens with one attached hydrogen (secondary N) is 2. The van der Waals surface area contributed by atoms with E-state index in [1.165, 1.54) is 14.0 Å². The molecule has 0 bridgehead atoms. The molecule has 3 atom stereocenters. The first-order valence-corrected chi connectivity index (χ1v) is 9.59. The fourth-order valence-electron chi connectivity index (χ4n) is 4.22. The van der Waals surface area contributed by atoms with E-state index in [-0.39, 0.29) is 48.2 Å². The highest BCUT2D eigenvalue weighted by molar-refractivity contribution is 5.90. The summed E-state index contributed by atoms with van der Waals surface area (Å²) >= 11 is 0. The molecule has 1 saturated carbocycles. The average Bonchev–Trinajstić information content (AvgIpc) is 3.03. The lowest BCUT2D eigenvalue weighted by Gasteiger charge is -2.24. The molecule has 162 valence electrons. The Balaban J connectivity index is 1.42. The van der Waals surface area contributed by atoms with Crippen molar-refractivity contribution in [1.29, 1.82) is 0 Å². The van der Waals surface area contributed by atoms with E-state index in [9.17, 15) is 23.2 Å². The number of alkyl carbamates (subject to hydrolysis) is 1. The number of halogens is 2. The van der Waals surface area contributed by atoms with Gasteiger partial charge in [-0.1, -0.05) is 0 Å². The fraction of sp³-hybridized carbons (Fsp3) is 0.526. The Morgan fingerprint density at radius 2 is 1.83 bits per heavy atom. The van der Waals surface area contributed by atoms with Crippen LogP contribution in [0.25, 0.3) is 0 Å². The molecule has 0 aromatic heterocycles. The number of nitrogens with zero attached hydrogens (tertiary/aromatic N) is 2. The molecule has 3 aliphatic rings. The number of benzene rings is 1. The number of ether oxygens (including phenoxy) is 2. The molecule has 3 fully saturated rings. The van der Waals surface area contributed by atoms with Crippen LogP contribution in [-0.2, 0) is 14.3 Å². The maximum absolute atomic E-state index is 14.8. The molecule has 1 aliphatic carbocycles. The molecule has 3 unspecified atom stereocenters. The van der Waals surface area contributed by atoms with Gasteiger partial charge in [-0.3, -0.25) is 9.69 Å². The minimum Gasteiger partial charge on any atom is -0.453 e. The third-order valence-corrected chi connectivity index (χ3v) is 5.75. The van der Waals surface area contributed by atoms with Gasteiger partial charge in [0.25, 0.3) is 0 Å². The number of hydrogen-bond donors (Lipinski definition) is 2. The molecule has 9 nitrogen and oxygen atoms in total. The van der Waals surface area contributed by atoms with E-state index in [0.717, 1.165) is 17.0 Å². The Kier molecular flexibility index (Phi) is 5.12. The van der Waals surface area contributed by atoms with E-state index in [1.54, 1.807) is 4.90 Å². The van der Waals surface area contributed by atoms with Crippen LogP contribution >= 0.6 is 0 Å². The highest BCUT2D eigenvalue weighted by Crippen LogP contribution is 2.48. The summed E-state index contributed by atoms with van der Waals surface area (Å²) in [6, 6.07) is 2.17. The molecule has 2 aliphatic heterocycles. The van der Waals surface area contributed by atoms with Crippen LogP contribution in [0.3, 0.4) is 0 Å². The molecular weight excluding hydrogens is 402 g/mol. The molecular formula is C19H22F2N4O5. The van der Waals surface area contributed by atoms with Crippen molar-refractivity contribution in [3.63, 3.8) is 0 Å². The molecule has 0 radical (unpaired) electrons. The van der Waals surface area contributed by atoms with Gasteiger partial charge in [0.15, 0.2) is 11.6 Å². The summed E-state index contributed by atoms with van der Waals surface area (Å²) in [5.74, 6) is -1.58. The van der Waals surface area contributed by atoms with Gasteiger partial charge in [-0.2, -0.15) is 0 Å². The van der Waals surface area contributed by atoms with Crippen molar-refractivity contribution in [2.45, 2.75) is 19.1 Å². The fourth-order valence-corrected chi connectivity index (χ4v) is 4.22.